The SMILES string of the molecule is CCOc1cc(C=NNC(=O)COc2ccc(Cl)cc2)ccc1OC(=O)c1ccc(Cl)cc1Cl. The molecule has 0 aliphatic heterocycles. The third-order valence-corrected chi connectivity index (χ3v) is 5.01. The van der Waals surface area contributed by atoms with Gasteiger partial charge in [-0.1, -0.05) is 34.8 Å². The normalized spacial score (nSPS) is 10.7. The van der Waals surface area contributed by atoms with Gasteiger partial charge in [0.15, 0.2) is 18.1 Å². The molecule has 3 aromatic carbocycles. The first kappa shape index (κ1) is 25.4. The quantitative estimate of drug-likeness (QED) is 0.167. The van der Waals surface area contributed by atoms with Gasteiger partial charge in [-0.3, -0.25) is 4.79 Å². The fourth-order valence-electron chi connectivity index (χ4n) is 2.66. The molecule has 0 fully saturated rings. The van der Waals surface area contributed by atoms with Crippen LogP contribution in [0.25, 0.3) is 0 Å². The Kier molecular flexibility index (Phi) is 9.16. The van der Waals surface area contributed by atoms with E-state index < -0.39 is 11.9 Å². The van der Waals surface area contributed by atoms with Crippen LogP contribution in [-0.4, -0.2) is 31.3 Å². The summed E-state index contributed by atoms with van der Waals surface area (Å²) >= 11 is 17.8. The molecule has 7 nitrogen and oxygen atoms in total. The monoisotopic (exact) mass is 520 g/mol. The van der Waals surface area contributed by atoms with Crippen molar-refractivity contribution in [3.63, 3.8) is 0 Å². The second kappa shape index (κ2) is 12.3. The number of esters is 1. The van der Waals surface area contributed by atoms with Gasteiger partial charge in [-0.25, -0.2) is 10.2 Å². The molecule has 0 aliphatic rings. The lowest BCUT2D eigenvalue weighted by Gasteiger charge is -2.12. The third-order valence-electron chi connectivity index (χ3n) is 4.21. The lowest BCUT2D eigenvalue weighted by Crippen LogP contribution is -2.24. The van der Waals surface area contributed by atoms with Crippen LogP contribution in [0.5, 0.6) is 17.2 Å². The van der Waals surface area contributed by atoms with Crippen LogP contribution >= 0.6 is 34.8 Å². The summed E-state index contributed by atoms with van der Waals surface area (Å²) in [5, 5.41) is 5.06. The summed E-state index contributed by atoms with van der Waals surface area (Å²) in [4.78, 5) is 24.4. The molecular formula is C24H19Cl3N2O5. The van der Waals surface area contributed by atoms with Crippen molar-refractivity contribution in [3.8, 4) is 17.2 Å². The van der Waals surface area contributed by atoms with Crippen LogP contribution in [0.2, 0.25) is 15.1 Å². The van der Waals surface area contributed by atoms with Crippen molar-refractivity contribution in [2.45, 2.75) is 6.92 Å². The number of ether oxygens (including phenoxy) is 3. The Morgan fingerprint density at radius 2 is 1.65 bits per heavy atom. The highest BCUT2D eigenvalue weighted by molar-refractivity contribution is 6.36. The molecule has 0 saturated heterocycles. The molecular weight excluding hydrogens is 503 g/mol. The maximum Gasteiger partial charge on any atom is 0.345 e. The van der Waals surface area contributed by atoms with Crippen LogP contribution < -0.4 is 19.6 Å². The standard InChI is InChI=1S/C24H19Cl3N2O5/c1-2-32-22-11-15(13-28-29-23(30)14-33-18-7-4-16(25)5-8-18)3-10-21(22)34-24(31)19-9-6-17(26)12-20(19)27/h3-13H,2,14H2,1H3,(H,29,30). The fourth-order valence-corrected chi connectivity index (χ4v) is 3.27. The highest BCUT2D eigenvalue weighted by atomic mass is 35.5. The Bertz CT molecular complexity index is 1200. The van der Waals surface area contributed by atoms with E-state index in [1.165, 1.54) is 18.3 Å². The number of nitrogens with zero attached hydrogens (tertiary/aromatic N) is 1. The summed E-state index contributed by atoms with van der Waals surface area (Å²) in [6.45, 7) is 1.92. The molecule has 0 aromatic heterocycles. The van der Waals surface area contributed by atoms with E-state index in [0.717, 1.165) is 0 Å². The van der Waals surface area contributed by atoms with Gasteiger partial charge in [0.25, 0.3) is 5.91 Å². The molecule has 0 saturated carbocycles. The zero-order chi connectivity index (χ0) is 24.5. The number of hydrogen-bond acceptors (Lipinski definition) is 6. The molecule has 3 aromatic rings. The predicted octanol–water partition coefficient (Wildman–Crippen LogP) is 5.79. The molecule has 0 unspecified atom stereocenters. The third kappa shape index (κ3) is 7.38. The summed E-state index contributed by atoms with van der Waals surface area (Å²) < 4.78 is 16.4. The van der Waals surface area contributed by atoms with Gasteiger partial charge < -0.3 is 14.2 Å². The first-order valence-electron chi connectivity index (χ1n) is 10.00. The minimum Gasteiger partial charge on any atom is -0.490 e. The van der Waals surface area contributed by atoms with Crippen molar-refractivity contribution >= 4 is 52.9 Å². The van der Waals surface area contributed by atoms with Gasteiger partial charge in [0.2, 0.25) is 0 Å². The zero-order valence-electron chi connectivity index (χ0n) is 17.9. The number of hydrazone groups is 1. The van der Waals surface area contributed by atoms with Gasteiger partial charge in [0.05, 0.1) is 23.4 Å². The molecule has 0 bridgehead atoms. The molecule has 0 aliphatic carbocycles. The first-order valence-corrected chi connectivity index (χ1v) is 11.1. The zero-order valence-corrected chi connectivity index (χ0v) is 20.2. The molecule has 0 spiro atoms. The van der Waals surface area contributed by atoms with Gasteiger partial charge in [-0.05, 0) is 73.2 Å². The molecule has 1 N–H and O–H groups in total. The van der Waals surface area contributed by atoms with E-state index >= 15 is 0 Å². The summed E-state index contributed by atoms with van der Waals surface area (Å²) in [6.07, 6.45) is 1.42. The average Bonchev–Trinajstić information content (AvgIpc) is 2.80. The average molecular weight is 522 g/mol. The van der Waals surface area contributed by atoms with E-state index in [0.29, 0.717) is 33.7 Å². The second-order valence-electron chi connectivity index (χ2n) is 6.69. The van der Waals surface area contributed by atoms with Gasteiger partial charge in [0, 0.05) is 10.0 Å². The molecule has 1 amide bonds. The summed E-state index contributed by atoms with van der Waals surface area (Å²) in [5.41, 5.74) is 3.14. The van der Waals surface area contributed by atoms with Crippen LogP contribution in [0.1, 0.15) is 22.8 Å². The van der Waals surface area contributed by atoms with E-state index in [1.807, 2.05) is 0 Å². The highest BCUT2D eigenvalue weighted by Gasteiger charge is 2.16. The largest absolute Gasteiger partial charge is 0.490 e. The summed E-state index contributed by atoms with van der Waals surface area (Å²) in [6, 6.07) is 15.9. The van der Waals surface area contributed by atoms with E-state index in [9.17, 15) is 9.59 Å². The maximum absolute atomic E-state index is 12.5. The summed E-state index contributed by atoms with van der Waals surface area (Å²) in [5.74, 6) is -0.0637. The van der Waals surface area contributed by atoms with Gasteiger partial charge in [-0.2, -0.15) is 5.10 Å². The molecule has 0 heterocycles. The minimum absolute atomic E-state index is 0.169. The van der Waals surface area contributed by atoms with Crippen molar-refractivity contribution in [3.05, 3.63) is 86.9 Å². The van der Waals surface area contributed by atoms with Crippen molar-refractivity contribution < 1.29 is 23.8 Å². The first-order chi connectivity index (χ1) is 16.4. The van der Waals surface area contributed by atoms with Crippen LogP contribution in [0.15, 0.2) is 65.8 Å². The van der Waals surface area contributed by atoms with Gasteiger partial charge in [-0.15, -0.1) is 0 Å². The molecule has 34 heavy (non-hydrogen) atoms. The van der Waals surface area contributed by atoms with Crippen LogP contribution in [-0.2, 0) is 4.79 Å². The Balaban J connectivity index is 1.61. The molecule has 176 valence electrons. The minimum atomic E-state index is -0.656. The van der Waals surface area contributed by atoms with Crippen LogP contribution in [0.3, 0.4) is 0 Å². The topological polar surface area (TPSA) is 86.2 Å². The van der Waals surface area contributed by atoms with Crippen LogP contribution in [0, 0.1) is 0 Å². The van der Waals surface area contributed by atoms with E-state index in [4.69, 9.17) is 49.0 Å². The molecule has 0 radical (unpaired) electrons. The van der Waals surface area contributed by atoms with Crippen molar-refractivity contribution in [2.75, 3.05) is 13.2 Å². The van der Waals surface area contributed by atoms with E-state index in [1.54, 1.807) is 55.5 Å². The Hall–Kier alpha value is -3.26. The van der Waals surface area contributed by atoms with Crippen LogP contribution in [0.4, 0.5) is 0 Å². The number of carbonyl (C=O) groups is 2. The van der Waals surface area contributed by atoms with Gasteiger partial charge in [0.1, 0.15) is 5.75 Å². The van der Waals surface area contributed by atoms with Crippen molar-refractivity contribution in [1.29, 1.82) is 0 Å². The summed E-state index contributed by atoms with van der Waals surface area (Å²) in [7, 11) is 0. The Morgan fingerprint density at radius 3 is 2.35 bits per heavy atom. The second-order valence-corrected chi connectivity index (χ2v) is 7.97. The molecule has 10 heteroatoms. The molecule has 3 rings (SSSR count). The number of hydrogen-bond donors (Lipinski definition) is 1. The number of halogens is 3. The van der Waals surface area contributed by atoms with Crippen molar-refractivity contribution in [1.82, 2.24) is 5.43 Å². The van der Waals surface area contributed by atoms with E-state index in [-0.39, 0.29) is 22.9 Å². The lowest BCUT2D eigenvalue weighted by molar-refractivity contribution is -0.123. The number of rotatable bonds is 9. The number of carbonyl (C=O) groups excluding carboxylic acids is 2. The number of benzene rings is 3. The highest BCUT2D eigenvalue weighted by Crippen LogP contribution is 2.30. The predicted molar refractivity (Wildman–Crippen MR) is 132 cm³/mol. The molecule has 0 atom stereocenters. The fraction of sp³-hybridized carbons (Fsp3) is 0.125. The smallest absolute Gasteiger partial charge is 0.345 e. The van der Waals surface area contributed by atoms with Gasteiger partial charge >= 0.3 is 5.97 Å². The van der Waals surface area contributed by atoms with Crippen molar-refractivity contribution in [2.24, 2.45) is 5.10 Å². The lowest BCUT2D eigenvalue weighted by atomic mass is 10.2. The number of nitrogens with one attached hydrogen (secondary N) is 1. The maximum atomic E-state index is 12.5. The Labute approximate surface area is 211 Å². The number of amides is 1. The van der Waals surface area contributed by atoms with E-state index in [2.05, 4.69) is 10.5 Å². The Morgan fingerprint density at radius 1 is 0.912 bits per heavy atom.